The normalized spacial score (nSPS) is 13.3. The van der Waals surface area contributed by atoms with Gasteiger partial charge in [0, 0.05) is 18.2 Å². The molecule has 9 heteroatoms. The zero-order valence-electron chi connectivity index (χ0n) is 21.3. The Labute approximate surface area is 208 Å². The van der Waals surface area contributed by atoms with Crippen LogP contribution in [0.1, 0.15) is 58.1 Å². The fourth-order valence-corrected chi connectivity index (χ4v) is 4.52. The molecule has 0 saturated heterocycles. The molecule has 0 bridgehead atoms. The van der Waals surface area contributed by atoms with E-state index in [9.17, 15) is 22.4 Å². The average molecular weight is 506 g/mol. The van der Waals surface area contributed by atoms with Crippen LogP contribution in [-0.4, -0.2) is 50.0 Å². The number of carbonyl (C=O) groups excluding carboxylic acids is 2. The maximum Gasteiger partial charge on any atom is 0.244 e. The Kier molecular flexibility index (Phi) is 9.82. The summed E-state index contributed by atoms with van der Waals surface area (Å²) in [6, 6.07) is 12.0. The molecule has 192 valence electrons. The summed E-state index contributed by atoms with van der Waals surface area (Å²) in [7, 11) is -3.84. The molecule has 0 radical (unpaired) electrons. The summed E-state index contributed by atoms with van der Waals surface area (Å²) in [4.78, 5) is 27.7. The molecule has 1 N–H and O–H groups in total. The number of amides is 2. The van der Waals surface area contributed by atoms with Gasteiger partial charge >= 0.3 is 0 Å². The number of para-hydroxylation sites is 1. The number of benzene rings is 2. The number of anilines is 1. The van der Waals surface area contributed by atoms with Crippen LogP contribution in [0, 0.1) is 5.82 Å². The molecule has 2 amide bonds. The summed E-state index contributed by atoms with van der Waals surface area (Å²) in [5.74, 6) is -1.49. The Morgan fingerprint density at radius 3 is 2.17 bits per heavy atom. The van der Waals surface area contributed by atoms with E-state index >= 15 is 0 Å². The lowest BCUT2D eigenvalue weighted by Crippen LogP contribution is -2.52. The van der Waals surface area contributed by atoms with Crippen LogP contribution in [0.4, 0.5) is 10.1 Å². The van der Waals surface area contributed by atoms with E-state index in [0.29, 0.717) is 12.1 Å². The smallest absolute Gasteiger partial charge is 0.244 e. The van der Waals surface area contributed by atoms with Gasteiger partial charge in [-0.05, 0) is 43.9 Å². The molecule has 35 heavy (non-hydrogen) atoms. The summed E-state index contributed by atoms with van der Waals surface area (Å²) in [6.07, 6.45) is 1.74. The summed E-state index contributed by atoms with van der Waals surface area (Å²) >= 11 is 0. The minimum absolute atomic E-state index is 0.0142. The van der Waals surface area contributed by atoms with Crippen LogP contribution in [0.15, 0.2) is 48.5 Å². The zero-order chi connectivity index (χ0) is 26.3. The zero-order valence-corrected chi connectivity index (χ0v) is 22.1. The van der Waals surface area contributed by atoms with Crippen LogP contribution in [0.3, 0.4) is 0 Å². The molecule has 2 rings (SSSR count). The standard InChI is InChI=1S/C26H36FN3O4S/c1-7-19(4)28-26(32)20(5)29(16-21-12-8-10-14-23(21)27)25(31)17-30(35(6,33)34)24-15-11-9-13-22(24)18(2)3/h8-15,18-20H,7,16-17H2,1-6H3,(H,28,32)/t19-,20+/m0/s1. The molecule has 0 aromatic heterocycles. The Hall–Kier alpha value is -2.94. The van der Waals surface area contributed by atoms with Crippen molar-refractivity contribution < 1.29 is 22.4 Å². The largest absolute Gasteiger partial charge is 0.352 e. The molecule has 0 aliphatic carbocycles. The third-order valence-electron chi connectivity index (χ3n) is 5.97. The van der Waals surface area contributed by atoms with Gasteiger partial charge in [-0.25, -0.2) is 12.8 Å². The van der Waals surface area contributed by atoms with E-state index in [2.05, 4.69) is 5.32 Å². The van der Waals surface area contributed by atoms with Crippen LogP contribution in [-0.2, 0) is 26.2 Å². The molecule has 0 fully saturated rings. The number of carbonyl (C=O) groups is 2. The fraction of sp³-hybridized carbons (Fsp3) is 0.462. The molecular formula is C26H36FN3O4S. The minimum atomic E-state index is -3.84. The summed E-state index contributed by atoms with van der Waals surface area (Å²) in [5, 5.41) is 2.85. The number of nitrogens with one attached hydrogen (secondary N) is 1. The Balaban J connectivity index is 2.47. The molecule has 0 aliphatic rings. The third kappa shape index (κ3) is 7.52. The van der Waals surface area contributed by atoms with Gasteiger partial charge in [-0.3, -0.25) is 13.9 Å². The first-order chi connectivity index (χ1) is 16.4. The van der Waals surface area contributed by atoms with Crippen molar-refractivity contribution in [3.8, 4) is 0 Å². The number of sulfonamides is 1. The molecule has 2 aromatic carbocycles. The molecule has 2 aromatic rings. The van der Waals surface area contributed by atoms with E-state index < -0.39 is 40.2 Å². The first-order valence-corrected chi connectivity index (χ1v) is 13.6. The fourth-order valence-electron chi connectivity index (χ4n) is 3.66. The topological polar surface area (TPSA) is 86.8 Å². The second-order valence-electron chi connectivity index (χ2n) is 9.09. The Bertz CT molecular complexity index is 1140. The van der Waals surface area contributed by atoms with Crippen LogP contribution >= 0.6 is 0 Å². The highest BCUT2D eigenvalue weighted by molar-refractivity contribution is 7.92. The summed E-state index contributed by atoms with van der Waals surface area (Å²) in [6.45, 7) is 8.51. The predicted octanol–water partition coefficient (Wildman–Crippen LogP) is 4.05. The summed E-state index contributed by atoms with van der Waals surface area (Å²) in [5.41, 5.74) is 1.41. The Morgan fingerprint density at radius 1 is 1.00 bits per heavy atom. The van der Waals surface area contributed by atoms with Gasteiger partial charge in [0.1, 0.15) is 18.4 Å². The molecular weight excluding hydrogens is 469 g/mol. The number of halogens is 1. The minimum Gasteiger partial charge on any atom is -0.352 e. The van der Waals surface area contributed by atoms with Crippen molar-refractivity contribution in [3.63, 3.8) is 0 Å². The second kappa shape index (κ2) is 12.2. The average Bonchev–Trinajstić information content (AvgIpc) is 2.80. The number of hydrogen-bond donors (Lipinski definition) is 1. The van der Waals surface area contributed by atoms with Gasteiger partial charge in [0.15, 0.2) is 0 Å². The highest BCUT2D eigenvalue weighted by Gasteiger charge is 2.31. The van der Waals surface area contributed by atoms with Crippen molar-refractivity contribution >= 4 is 27.5 Å². The van der Waals surface area contributed by atoms with Crippen LogP contribution in [0.25, 0.3) is 0 Å². The van der Waals surface area contributed by atoms with E-state index in [0.717, 1.165) is 16.1 Å². The van der Waals surface area contributed by atoms with Crippen LogP contribution < -0.4 is 9.62 Å². The van der Waals surface area contributed by atoms with Crippen LogP contribution in [0.5, 0.6) is 0 Å². The van der Waals surface area contributed by atoms with Crippen molar-refractivity contribution in [2.24, 2.45) is 0 Å². The molecule has 0 aliphatic heterocycles. The van der Waals surface area contributed by atoms with Crippen molar-refractivity contribution in [1.82, 2.24) is 10.2 Å². The molecule has 2 atom stereocenters. The SMILES string of the molecule is CC[C@H](C)NC(=O)[C@@H](C)N(Cc1ccccc1F)C(=O)CN(c1ccccc1C(C)C)S(C)(=O)=O. The molecule has 0 unspecified atom stereocenters. The number of hydrogen-bond acceptors (Lipinski definition) is 4. The Morgan fingerprint density at radius 2 is 1.60 bits per heavy atom. The van der Waals surface area contributed by atoms with Crippen molar-refractivity contribution in [2.45, 2.75) is 65.6 Å². The molecule has 7 nitrogen and oxygen atoms in total. The number of rotatable bonds is 11. The summed E-state index contributed by atoms with van der Waals surface area (Å²) < 4.78 is 41.1. The van der Waals surface area contributed by atoms with Gasteiger partial charge in [-0.1, -0.05) is 57.2 Å². The van der Waals surface area contributed by atoms with E-state index in [-0.39, 0.29) is 24.1 Å². The van der Waals surface area contributed by atoms with Gasteiger partial charge in [0.2, 0.25) is 21.8 Å². The van der Waals surface area contributed by atoms with Gasteiger partial charge < -0.3 is 10.2 Å². The van der Waals surface area contributed by atoms with Crippen molar-refractivity contribution in [2.75, 3.05) is 17.1 Å². The lowest BCUT2D eigenvalue weighted by atomic mass is 10.0. The lowest BCUT2D eigenvalue weighted by Gasteiger charge is -2.32. The first kappa shape index (κ1) is 28.3. The van der Waals surface area contributed by atoms with E-state index in [1.54, 1.807) is 25.1 Å². The second-order valence-corrected chi connectivity index (χ2v) is 11.0. The molecule has 0 saturated carbocycles. The quantitative estimate of drug-likeness (QED) is 0.499. The van der Waals surface area contributed by atoms with E-state index in [1.165, 1.54) is 23.1 Å². The monoisotopic (exact) mass is 505 g/mol. The van der Waals surface area contributed by atoms with Gasteiger partial charge in [-0.2, -0.15) is 0 Å². The maximum absolute atomic E-state index is 14.5. The van der Waals surface area contributed by atoms with E-state index in [1.807, 2.05) is 39.8 Å². The van der Waals surface area contributed by atoms with Gasteiger partial charge in [0.25, 0.3) is 0 Å². The molecule has 0 spiro atoms. The first-order valence-electron chi connectivity index (χ1n) is 11.8. The maximum atomic E-state index is 14.5. The highest BCUT2D eigenvalue weighted by atomic mass is 32.2. The van der Waals surface area contributed by atoms with Gasteiger partial charge in [-0.15, -0.1) is 0 Å². The lowest BCUT2D eigenvalue weighted by molar-refractivity contribution is -0.139. The number of nitrogens with zero attached hydrogens (tertiary/aromatic N) is 2. The van der Waals surface area contributed by atoms with Crippen LogP contribution in [0.2, 0.25) is 0 Å². The molecule has 0 heterocycles. The highest BCUT2D eigenvalue weighted by Crippen LogP contribution is 2.29. The predicted molar refractivity (Wildman–Crippen MR) is 137 cm³/mol. The van der Waals surface area contributed by atoms with Crippen molar-refractivity contribution in [3.05, 3.63) is 65.5 Å². The van der Waals surface area contributed by atoms with Gasteiger partial charge in [0.05, 0.1) is 11.9 Å². The van der Waals surface area contributed by atoms with E-state index in [4.69, 9.17) is 0 Å². The third-order valence-corrected chi connectivity index (χ3v) is 7.10. The van der Waals surface area contributed by atoms with Crippen molar-refractivity contribution in [1.29, 1.82) is 0 Å².